The van der Waals surface area contributed by atoms with Crippen LogP contribution in [0.25, 0.3) is 22.3 Å². The monoisotopic (exact) mass is 287 g/mol. The van der Waals surface area contributed by atoms with E-state index in [9.17, 15) is 4.79 Å². The van der Waals surface area contributed by atoms with Gasteiger partial charge in [0.1, 0.15) is 5.65 Å². The van der Waals surface area contributed by atoms with E-state index in [1.54, 1.807) is 18.5 Å². The zero-order valence-corrected chi connectivity index (χ0v) is 11.7. The number of carbonyl (C=O) groups excluding carboxylic acids is 1. The Morgan fingerprint density at radius 2 is 1.86 bits per heavy atom. The molecule has 0 aliphatic carbocycles. The summed E-state index contributed by atoms with van der Waals surface area (Å²) in [5.41, 5.74) is 4.15. The normalized spacial score (nSPS) is 10.9. The molecule has 1 aromatic carbocycles. The zero-order chi connectivity index (χ0) is 14.9. The molecule has 0 amide bonds. The number of ketones is 1. The van der Waals surface area contributed by atoms with E-state index in [4.69, 9.17) is 0 Å². The summed E-state index contributed by atoms with van der Waals surface area (Å²) < 4.78 is 0. The van der Waals surface area contributed by atoms with E-state index in [-0.39, 0.29) is 5.78 Å². The lowest BCUT2D eigenvalue weighted by molar-refractivity contribution is 0.103. The number of fused-ring (bicyclic) bond motifs is 1. The molecule has 0 aliphatic heterocycles. The SMILES string of the molecule is O=C(c1ccc(-c2cc3cccnc3[nH]2)cc1)c1ccc[nH]1. The summed E-state index contributed by atoms with van der Waals surface area (Å²) >= 11 is 0. The number of nitrogens with one attached hydrogen (secondary N) is 2. The van der Waals surface area contributed by atoms with Crippen molar-refractivity contribution in [2.75, 3.05) is 0 Å². The van der Waals surface area contributed by atoms with E-state index in [0.717, 1.165) is 22.3 Å². The number of benzene rings is 1. The van der Waals surface area contributed by atoms with Crippen LogP contribution in [0.3, 0.4) is 0 Å². The van der Waals surface area contributed by atoms with E-state index in [1.165, 1.54) is 0 Å². The predicted molar refractivity (Wildman–Crippen MR) is 85.8 cm³/mol. The van der Waals surface area contributed by atoms with Gasteiger partial charge in [-0.15, -0.1) is 0 Å². The highest BCUT2D eigenvalue weighted by Crippen LogP contribution is 2.23. The molecule has 0 saturated heterocycles. The van der Waals surface area contributed by atoms with Gasteiger partial charge >= 0.3 is 0 Å². The van der Waals surface area contributed by atoms with Crippen LogP contribution >= 0.6 is 0 Å². The number of aromatic nitrogens is 3. The Bertz CT molecular complexity index is 901. The third kappa shape index (κ3) is 2.11. The second-order valence-electron chi connectivity index (χ2n) is 5.11. The molecule has 2 N–H and O–H groups in total. The molecule has 0 unspecified atom stereocenters. The fourth-order valence-corrected chi connectivity index (χ4v) is 2.54. The Hall–Kier alpha value is -3.14. The van der Waals surface area contributed by atoms with Crippen molar-refractivity contribution in [3.05, 3.63) is 78.2 Å². The minimum Gasteiger partial charge on any atom is -0.359 e. The maximum absolute atomic E-state index is 12.2. The molecular formula is C18H13N3O. The summed E-state index contributed by atoms with van der Waals surface area (Å²) in [5.74, 6) is -0.00476. The maximum Gasteiger partial charge on any atom is 0.209 e. The van der Waals surface area contributed by atoms with Crippen LogP contribution in [0.15, 0.2) is 67.0 Å². The molecule has 3 aromatic heterocycles. The molecule has 0 spiro atoms. The van der Waals surface area contributed by atoms with Crippen molar-refractivity contribution in [1.82, 2.24) is 15.0 Å². The average molecular weight is 287 g/mol. The summed E-state index contributed by atoms with van der Waals surface area (Å²) in [5, 5.41) is 1.07. The number of H-pyrrole nitrogens is 2. The lowest BCUT2D eigenvalue weighted by atomic mass is 10.0. The van der Waals surface area contributed by atoms with Gasteiger partial charge in [-0.3, -0.25) is 4.79 Å². The number of hydrogen-bond acceptors (Lipinski definition) is 2. The fourth-order valence-electron chi connectivity index (χ4n) is 2.54. The lowest BCUT2D eigenvalue weighted by Gasteiger charge is -2.01. The molecule has 4 nitrogen and oxygen atoms in total. The first kappa shape index (κ1) is 12.6. The van der Waals surface area contributed by atoms with Crippen LogP contribution in [0.2, 0.25) is 0 Å². The second-order valence-corrected chi connectivity index (χ2v) is 5.11. The van der Waals surface area contributed by atoms with E-state index < -0.39 is 0 Å². The summed E-state index contributed by atoms with van der Waals surface area (Å²) in [6.07, 6.45) is 3.51. The van der Waals surface area contributed by atoms with Crippen LogP contribution in [0.1, 0.15) is 16.1 Å². The van der Waals surface area contributed by atoms with Crippen LogP contribution < -0.4 is 0 Å². The Kier molecular flexibility index (Phi) is 2.86. The Balaban J connectivity index is 1.68. The standard InChI is InChI=1S/C18H13N3O/c22-17(15-4-2-9-19-15)13-7-5-12(6-8-13)16-11-14-3-1-10-20-18(14)21-16/h1-11,19H,(H,20,21). The number of rotatable bonds is 3. The topological polar surface area (TPSA) is 61.5 Å². The van der Waals surface area contributed by atoms with Crippen LogP contribution in [0, 0.1) is 0 Å². The molecule has 4 rings (SSSR count). The molecule has 0 aliphatic rings. The Labute approximate surface area is 126 Å². The van der Waals surface area contributed by atoms with E-state index >= 15 is 0 Å². The number of nitrogens with zero attached hydrogens (tertiary/aromatic N) is 1. The molecule has 3 heterocycles. The minimum atomic E-state index is -0.00476. The number of aromatic amines is 2. The van der Waals surface area contributed by atoms with Crippen LogP contribution in [-0.4, -0.2) is 20.7 Å². The van der Waals surface area contributed by atoms with Crippen molar-refractivity contribution in [1.29, 1.82) is 0 Å². The summed E-state index contributed by atoms with van der Waals surface area (Å²) in [7, 11) is 0. The zero-order valence-electron chi connectivity index (χ0n) is 11.7. The highest BCUT2D eigenvalue weighted by atomic mass is 16.1. The van der Waals surface area contributed by atoms with E-state index in [2.05, 4.69) is 21.0 Å². The van der Waals surface area contributed by atoms with Gasteiger partial charge in [0.25, 0.3) is 0 Å². The first-order valence-corrected chi connectivity index (χ1v) is 7.03. The van der Waals surface area contributed by atoms with Crippen LogP contribution in [0.4, 0.5) is 0 Å². The molecule has 4 heteroatoms. The van der Waals surface area contributed by atoms with Gasteiger partial charge in [0.05, 0.1) is 5.69 Å². The van der Waals surface area contributed by atoms with E-state index in [1.807, 2.05) is 42.5 Å². The fraction of sp³-hybridized carbons (Fsp3) is 0. The van der Waals surface area contributed by atoms with Gasteiger partial charge < -0.3 is 9.97 Å². The van der Waals surface area contributed by atoms with Crippen molar-refractivity contribution in [2.24, 2.45) is 0 Å². The van der Waals surface area contributed by atoms with Crippen molar-refractivity contribution >= 4 is 16.8 Å². The molecular weight excluding hydrogens is 274 g/mol. The van der Waals surface area contributed by atoms with E-state index in [0.29, 0.717) is 11.3 Å². The van der Waals surface area contributed by atoms with Crippen molar-refractivity contribution in [3.63, 3.8) is 0 Å². The number of carbonyl (C=O) groups is 1. The van der Waals surface area contributed by atoms with Gasteiger partial charge in [0.2, 0.25) is 5.78 Å². The molecule has 0 bridgehead atoms. The lowest BCUT2D eigenvalue weighted by Crippen LogP contribution is -2.01. The molecule has 106 valence electrons. The van der Waals surface area contributed by atoms with Crippen molar-refractivity contribution < 1.29 is 4.79 Å². The highest BCUT2D eigenvalue weighted by Gasteiger charge is 2.10. The first-order chi connectivity index (χ1) is 10.8. The minimum absolute atomic E-state index is 0.00476. The molecule has 22 heavy (non-hydrogen) atoms. The van der Waals surface area contributed by atoms with Gasteiger partial charge in [0, 0.05) is 29.0 Å². The Morgan fingerprint density at radius 1 is 1.00 bits per heavy atom. The van der Waals surface area contributed by atoms with Gasteiger partial charge in [-0.2, -0.15) is 0 Å². The second kappa shape index (κ2) is 5.00. The highest BCUT2D eigenvalue weighted by molar-refractivity contribution is 6.07. The van der Waals surface area contributed by atoms with Gasteiger partial charge in [0.15, 0.2) is 0 Å². The first-order valence-electron chi connectivity index (χ1n) is 7.03. The number of hydrogen-bond donors (Lipinski definition) is 2. The number of pyridine rings is 1. The largest absolute Gasteiger partial charge is 0.359 e. The summed E-state index contributed by atoms with van der Waals surface area (Å²) in [4.78, 5) is 22.8. The molecule has 4 aromatic rings. The summed E-state index contributed by atoms with van der Waals surface area (Å²) in [6, 6.07) is 17.2. The van der Waals surface area contributed by atoms with Crippen LogP contribution in [0.5, 0.6) is 0 Å². The maximum atomic E-state index is 12.2. The molecule has 0 fully saturated rings. The van der Waals surface area contributed by atoms with Crippen molar-refractivity contribution in [3.8, 4) is 11.3 Å². The van der Waals surface area contributed by atoms with Crippen LogP contribution in [-0.2, 0) is 0 Å². The molecule has 0 saturated carbocycles. The summed E-state index contributed by atoms with van der Waals surface area (Å²) in [6.45, 7) is 0. The Morgan fingerprint density at radius 3 is 2.59 bits per heavy atom. The third-order valence-electron chi connectivity index (χ3n) is 3.69. The molecule has 0 radical (unpaired) electrons. The third-order valence-corrected chi connectivity index (χ3v) is 3.69. The average Bonchev–Trinajstić information content (AvgIpc) is 3.23. The molecule has 0 atom stereocenters. The van der Waals surface area contributed by atoms with Gasteiger partial charge in [-0.05, 0) is 35.9 Å². The van der Waals surface area contributed by atoms with Gasteiger partial charge in [-0.25, -0.2) is 4.98 Å². The quantitative estimate of drug-likeness (QED) is 0.563. The van der Waals surface area contributed by atoms with Crippen molar-refractivity contribution in [2.45, 2.75) is 0 Å². The van der Waals surface area contributed by atoms with Gasteiger partial charge in [-0.1, -0.05) is 24.3 Å². The smallest absolute Gasteiger partial charge is 0.209 e. The predicted octanol–water partition coefficient (Wildman–Crippen LogP) is 3.79.